The predicted octanol–water partition coefficient (Wildman–Crippen LogP) is 2.49. The highest BCUT2D eigenvalue weighted by molar-refractivity contribution is 5.77. The molecule has 2 aromatic carbocycles. The first-order valence-corrected chi connectivity index (χ1v) is 11.1. The summed E-state index contributed by atoms with van der Waals surface area (Å²) < 4.78 is 14.9. The number of nitrogens with two attached hydrogens (primary N) is 3. The van der Waals surface area contributed by atoms with E-state index in [1.807, 2.05) is 70.1 Å². The van der Waals surface area contributed by atoms with E-state index < -0.39 is 0 Å². The van der Waals surface area contributed by atoms with Gasteiger partial charge in [-0.2, -0.15) is 0 Å². The molecule has 4 rings (SSSR count). The number of imidazole rings is 2. The number of aromatic nitrogens is 4. The molecule has 0 fully saturated rings. The molecule has 0 radical (unpaired) electrons. The number of benzene rings is 2. The lowest BCUT2D eigenvalue weighted by molar-refractivity contribution is 0.236. The van der Waals surface area contributed by atoms with Gasteiger partial charge >= 0.3 is 0 Å². The molecule has 6 N–H and O–H groups in total. The van der Waals surface area contributed by atoms with Crippen molar-refractivity contribution in [3.05, 3.63) is 97.1 Å². The van der Waals surface area contributed by atoms with Gasteiger partial charge in [-0.25, -0.2) is 15.0 Å². The summed E-state index contributed by atoms with van der Waals surface area (Å²) in [6.45, 7) is 3.71. The number of ether oxygens (including phenoxy) is 2. The van der Waals surface area contributed by atoms with Crippen molar-refractivity contribution < 1.29 is 9.47 Å². The molecule has 0 aliphatic carbocycles. The van der Waals surface area contributed by atoms with E-state index in [4.69, 9.17) is 26.7 Å². The molecule has 11 nitrogen and oxygen atoms in total. The monoisotopic (exact) mass is 489 g/mol. The Hall–Kier alpha value is -4.80. The van der Waals surface area contributed by atoms with Crippen LogP contribution in [0.3, 0.4) is 0 Å². The molecule has 0 saturated carbocycles. The Bertz CT molecular complexity index is 1210. The molecular weight excluding hydrogens is 458 g/mol. The van der Waals surface area contributed by atoms with Crippen molar-refractivity contribution in [2.75, 3.05) is 0 Å². The third kappa shape index (κ3) is 9.59. The summed E-state index contributed by atoms with van der Waals surface area (Å²) in [6.07, 6.45) is 10.5. The number of guanidine groups is 1. The molecule has 0 saturated heterocycles. The maximum Gasteiger partial charge on any atom is 0.186 e. The van der Waals surface area contributed by atoms with Crippen LogP contribution in [0.25, 0.3) is 0 Å². The van der Waals surface area contributed by atoms with Crippen LogP contribution in [0, 0.1) is 0 Å². The first kappa shape index (κ1) is 25.8. The number of nitrogens with zero attached hydrogens (tertiary/aromatic N) is 6. The van der Waals surface area contributed by atoms with Gasteiger partial charge in [0.15, 0.2) is 19.4 Å². The second-order valence-corrected chi connectivity index (χ2v) is 7.69. The summed E-state index contributed by atoms with van der Waals surface area (Å²) in [5, 5.41) is 0. The van der Waals surface area contributed by atoms with Crippen LogP contribution < -0.4 is 26.7 Å². The van der Waals surface area contributed by atoms with E-state index in [1.54, 1.807) is 32.0 Å². The van der Waals surface area contributed by atoms with E-state index in [-0.39, 0.29) is 5.96 Å². The van der Waals surface area contributed by atoms with E-state index in [1.165, 1.54) is 0 Å². The molecule has 0 amide bonds. The fraction of sp³-hybridized carbons (Fsp3) is 0.200. The molecule has 36 heavy (non-hydrogen) atoms. The lowest BCUT2D eigenvalue weighted by Crippen LogP contribution is -2.22. The lowest BCUT2D eigenvalue weighted by atomic mass is 10.2. The van der Waals surface area contributed by atoms with Crippen molar-refractivity contribution in [2.24, 2.45) is 27.2 Å². The minimum absolute atomic E-state index is 0.0930. The molecule has 0 unspecified atom stereocenters. The van der Waals surface area contributed by atoms with Crippen LogP contribution in [-0.4, -0.2) is 30.9 Å². The summed E-state index contributed by atoms with van der Waals surface area (Å²) in [5.74, 6) is 2.28. The Morgan fingerprint density at radius 3 is 1.94 bits per heavy atom. The Balaban J connectivity index is 0.000000201. The second kappa shape index (κ2) is 13.8. The van der Waals surface area contributed by atoms with Crippen molar-refractivity contribution >= 4 is 11.8 Å². The highest BCUT2D eigenvalue weighted by Crippen LogP contribution is 2.15. The van der Waals surface area contributed by atoms with Gasteiger partial charge in [0.1, 0.15) is 11.5 Å². The van der Waals surface area contributed by atoms with Crippen molar-refractivity contribution in [1.82, 2.24) is 19.1 Å². The fourth-order valence-electron chi connectivity index (χ4n) is 2.85. The third-order valence-corrected chi connectivity index (χ3v) is 4.66. The minimum atomic E-state index is 0.0930. The van der Waals surface area contributed by atoms with Crippen LogP contribution in [0.2, 0.25) is 0 Å². The Kier molecular flexibility index (Phi) is 9.89. The lowest BCUT2D eigenvalue weighted by Gasteiger charge is -2.07. The molecule has 0 atom stereocenters. The summed E-state index contributed by atoms with van der Waals surface area (Å²) in [4.78, 5) is 16.0. The van der Waals surface area contributed by atoms with Crippen LogP contribution in [0.4, 0.5) is 0 Å². The zero-order valence-corrected chi connectivity index (χ0v) is 20.1. The number of hydrogen-bond acceptors (Lipinski definition) is 6. The quantitative estimate of drug-likeness (QED) is 0.228. The van der Waals surface area contributed by atoms with Gasteiger partial charge in [-0.3, -0.25) is 4.99 Å². The SMILES string of the molecule is CC(N)=NCc1cccc(OCn2ccnc2)c1.NC(N)=NCc1ccc(OCn2ccnc2)cc1. The van der Waals surface area contributed by atoms with Gasteiger partial charge in [-0.05, 0) is 42.3 Å². The largest absolute Gasteiger partial charge is 0.473 e. The van der Waals surface area contributed by atoms with Crippen LogP contribution in [0.1, 0.15) is 18.1 Å². The Labute approximate surface area is 209 Å². The molecular formula is C25H31N9O2. The number of rotatable bonds is 10. The standard InChI is InChI=1S/C13H16N4O.C12H15N5O/c1-11(14)16-8-12-3-2-4-13(7-12)18-10-17-6-5-15-9-17;13-12(14)16-7-10-1-3-11(4-2-10)18-9-17-6-5-15-8-17/h2-7,9H,8,10H2,1H3,(H2,14,16);1-6,8H,7,9H2,(H4,13,14,16). The van der Waals surface area contributed by atoms with Gasteiger partial charge in [-0.1, -0.05) is 24.3 Å². The van der Waals surface area contributed by atoms with Gasteiger partial charge in [0, 0.05) is 24.8 Å². The van der Waals surface area contributed by atoms with Crippen molar-refractivity contribution in [3.8, 4) is 11.5 Å². The second-order valence-electron chi connectivity index (χ2n) is 7.69. The summed E-state index contributed by atoms with van der Waals surface area (Å²) in [6, 6.07) is 15.4. The number of hydrogen-bond donors (Lipinski definition) is 3. The average Bonchev–Trinajstić information content (AvgIpc) is 3.60. The molecule has 0 aliphatic heterocycles. The van der Waals surface area contributed by atoms with Crippen LogP contribution >= 0.6 is 0 Å². The zero-order chi connectivity index (χ0) is 25.6. The first-order valence-electron chi connectivity index (χ1n) is 11.1. The number of amidine groups is 1. The maximum atomic E-state index is 5.64. The van der Waals surface area contributed by atoms with Gasteiger partial charge in [-0.15, -0.1) is 0 Å². The average molecular weight is 490 g/mol. The van der Waals surface area contributed by atoms with E-state index in [0.29, 0.717) is 32.4 Å². The molecule has 0 bridgehead atoms. The van der Waals surface area contributed by atoms with E-state index in [2.05, 4.69) is 20.0 Å². The van der Waals surface area contributed by atoms with Crippen molar-refractivity contribution in [1.29, 1.82) is 0 Å². The summed E-state index contributed by atoms with van der Waals surface area (Å²) >= 11 is 0. The summed E-state index contributed by atoms with van der Waals surface area (Å²) in [5.41, 5.74) is 18.1. The minimum Gasteiger partial charge on any atom is -0.473 e. The number of aliphatic imine (C=N–C) groups is 2. The van der Waals surface area contributed by atoms with Crippen molar-refractivity contribution in [2.45, 2.75) is 33.5 Å². The zero-order valence-electron chi connectivity index (χ0n) is 20.1. The maximum absolute atomic E-state index is 5.64. The molecule has 188 valence electrons. The van der Waals surface area contributed by atoms with E-state index in [9.17, 15) is 0 Å². The van der Waals surface area contributed by atoms with Crippen LogP contribution in [0.5, 0.6) is 11.5 Å². The first-order chi connectivity index (χ1) is 17.5. The topological polar surface area (TPSA) is 157 Å². The van der Waals surface area contributed by atoms with Gasteiger partial charge < -0.3 is 35.8 Å². The Morgan fingerprint density at radius 2 is 1.39 bits per heavy atom. The third-order valence-electron chi connectivity index (χ3n) is 4.66. The van der Waals surface area contributed by atoms with Gasteiger partial charge in [0.05, 0.1) is 31.6 Å². The fourth-order valence-corrected chi connectivity index (χ4v) is 2.85. The molecule has 0 aliphatic rings. The van der Waals surface area contributed by atoms with E-state index in [0.717, 1.165) is 22.6 Å². The molecule has 0 spiro atoms. The molecule has 11 heteroatoms. The van der Waals surface area contributed by atoms with Gasteiger partial charge in [0.25, 0.3) is 0 Å². The predicted molar refractivity (Wildman–Crippen MR) is 139 cm³/mol. The molecule has 2 heterocycles. The van der Waals surface area contributed by atoms with Gasteiger partial charge in [0.2, 0.25) is 0 Å². The highest BCUT2D eigenvalue weighted by atomic mass is 16.5. The summed E-state index contributed by atoms with van der Waals surface area (Å²) in [7, 11) is 0. The Morgan fingerprint density at radius 1 is 0.778 bits per heavy atom. The smallest absolute Gasteiger partial charge is 0.186 e. The highest BCUT2D eigenvalue weighted by Gasteiger charge is 1.98. The normalized spacial score (nSPS) is 10.8. The molecule has 4 aromatic rings. The van der Waals surface area contributed by atoms with Crippen LogP contribution in [-0.2, 0) is 26.6 Å². The van der Waals surface area contributed by atoms with Crippen LogP contribution in [0.15, 0.2) is 96.0 Å². The molecule has 2 aromatic heterocycles. The van der Waals surface area contributed by atoms with E-state index >= 15 is 0 Å². The van der Waals surface area contributed by atoms with Crippen molar-refractivity contribution in [3.63, 3.8) is 0 Å².